The summed E-state index contributed by atoms with van der Waals surface area (Å²) in [6.45, 7) is 2.09. The van der Waals surface area contributed by atoms with Crippen molar-refractivity contribution in [3.63, 3.8) is 0 Å². The summed E-state index contributed by atoms with van der Waals surface area (Å²) in [6.07, 6.45) is 6.46. The fourth-order valence-electron chi connectivity index (χ4n) is 1.55. The number of hydrogen-bond donors (Lipinski definition) is 1. The van der Waals surface area contributed by atoms with Crippen LogP contribution in [0, 0.1) is 0 Å². The first-order chi connectivity index (χ1) is 6.74. The predicted octanol–water partition coefficient (Wildman–Crippen LogP) is 2.13. The van der Waals surface area contributed by atoms with E-state index in [1.165, 1.54) is 0 Å². The molecule has 0 amide bonds. The Labute approximate surface area is 84.1 Å². The van der Waals surface area contributed by atoms with E-state index in [9.17, 15) is 4.79 Å². The van der Waals surface area contributed by atoms with Gasteiger partial charge in [-0.2, -0.15) is 5.26 Å². The molecule has 1 heterocycles. The molecular formula is C10H18O4. The molecule has 2 unspecified atom stereocenters. The standard InChI is InChI=1S/C10H18O4/c1-8-9(13-8)6-4-2-3-5-7-10(11)14-12/h8-9,12H,2-7H2,1H3. The second kappa shape index (κ2) is 5.98. The molecule has 0 radical (unpaired) electrons. The van der Waals surface area contributed by atoms with Gasteiger partial charge in [-0.25, -0.2) is 4.79 Å². The van der Waals surface area contributed by atoms with E-state index in [1.54, 1.807) is 0 Å². The third kappa shape index (κ3) is 4.58. The van der Waals surface area contributed by atoms with Gasteiger partial charge in [0.15, 0.2) is 0 Å². The maximum absolute atomic E-state index is 10.5. The van der Waals surface area contributed by atoms with Gasteiger partial charge >= 0.3 is 5.97 Å². The van der Waals surface area contributed by atoms with Crippen LogP contribution in [-0.2, 0) is 14.4 Å². The molecule has 1 rings (SSSR count). The van der Waals surface area contributed by atoms with E-state index in [1.807, 2.05) is 0 Å². The van der Waals surface area contributed by atoms with E-state index in [4.69, 9.17) is 9.99 Å². The highest BCUT2D eigenvalue weighted by atomic mass is 17.1. The van der Waals surface area contributed by atoms with Crippen LogP contribution in [0.4, 0.5) is 0 Å². The number of hydrogen-bond acceptors (Lipinski definition) is 4. The lowest BCUT2D eigenvalue weighted by atomic mass is 10.1. The van der Waals surface area contributed by atoms with Crippen molar-refractivity contribution in [1.29, 1.82) is 0 Å². The van der Waals surface area contributed by atoms with E-state index in [0.717, 1.165) is 32.1 Å². The molecule has 0 aromatic heterocycles. The molecule has 0 aliphatic carbocycles. The zero-order chi connectivity index (χ0) is 10.4. The first kappa shape index (κ1) is 11.5. The molecule has 0 aromatic rings. The molecule has 1 fully saturated rings. The summed E-state index contributed by atoms with van der Waals surface area (Å²) in [5.74, 6) is -0.538. The SMILES string of the molecule is CC1OC1CCCCCCC(=O)OO. The zero-order valence-electron chi connectivity index (χ0n) is 8.57. The van der Waals surface area contributed by atoms with Gasteiger partial charge < -0.3 is 9.62 Å². The summed E-state index contributed by atoms with van der Waals surface area (Å²) in [4.78, 5) is 14.1. The van der Waals surface area contributed by atoms with E-state index in [2.05, 4.69) is 11.8 Å². The summed E-state index contributed by atoms with van der Waals surface area (Å²) in [5, 5.41) is 7.98. The Balaban J connectivity index is 1.78. The molecule has 0 saturated carbocycles. The van der Waals surface area contributed by atoms with Crippen molar-refractivity contribution in [2.45, 2.75) is 57.7 Å². The lowest BCUT2D eigenvalue weighted by molar-refractivity contribution is -0.234. The van der Waals surface area contributed by atoms with E-state index in [-0.39, 0.29) is 0 Å². The number of carbonyl (C=O) groups is 1. The second-order valence-electron chi connectivity index (χ2n) is 3.80. The fraction of sp³-hybridized carbons (Fsp3) is 0.900. The average molecular weight is 202 g/mol. The maximum atomic E-state index is 10.5. The van der Waals surface area contributed by atoms with E-state index < -0.39 is 5.97 Å². The first-order valence-electron chi connectivity index (χ1n) is 5.23. The fourth-order valence-corrected chi connectivity index (χ4v) is 1.55. The quantitative estimate of drug-likeness (QED) is 0.297. The van der Waals surface area contributed by atoms with Crippen LogP contribution in [0.15, 0.2) is 0 Å². The molecule has 2 atom stereocenters. The summed E-state index contributed by atoms with van der Waals surface area (Å²) < 4.78 is 5.27. The van der Waals surface area contributed by atoms with Crippen molar-refractivity contribution in [3.8, 4) is 0 Å². The highest BCUT2D eigenvalue weighted by molar-refractivity contribution is 5.68. The molecular weight excluding hydrogens is 184 g/mol. The first-order valence-corrected chi connectivity index (χ1v) is 5.23. The van der Waals surface area contributed by atoms with Crippen LogP contribution in [0.3, 0.4) is 0 Å². The minimum absolute atomic E-state index is 0.312. The van der Waals surface area contributed by atoms with Gasteiger partial charge in [0.05, 0.1) is 12.2 Å². The highest BCUT2D eigenvalue weighted by Crippen LogP contribution is 2.26. The van der Waals surface area contributed by atoms with E-state index >= 15 is 0 Å². The van der Waals surface area contributed by atoms with Crippen LogP contribution >= 0.6 is 0 Å². The molecule has 4 heteroatoms. The lowest BCUT2D eigenvalue weighted by Crippen LogP contribution is -1.99. The van der Waals surface area contributed by atoms with Crippen LogP contribution in [0.1, 0.15) is 45.4 Å². The van der Waals surface area contributed by atoms with Gasteiger partial charge in [0.2, 0.25) is 0 Å². The molecule has 4 nitrogen and oxygen atoms in total. The van der Waals surface area contributed by atoms with Crippen molar-refractivity contribution in [1.82, 2.24) is 0 Å². The van der Waals surface area contributed by atoms with Crippen LogP contribution < -0.4 is 0 Å². The second-order valence-corrected chi connectivity index (χ2v) is 3.80. The third-order valence-electron chi connectivity index (χ3n) is 2.56. The van der Waals surface area contributed by atoms with Crippen molar-refractivity contribution < 1.29 is 19.7 Å². The number of carbonyl (C=O) groups excluding carboxylic acids is 1. The zero-order valence-corrected chi connectivity index (χ0v) is 8.57. The Morgan fingerprint density at radius 2 is 2.00 bits per heavy atom. The Hall–Kier alpha value is -0.610. The monoisotopic (exact) mass is 202 g/mol. The Kier molecular flexibility index (Phi) is 4.90. The maximum Gasteiger partial charge on any atom is 0.342 e. The molecule has 0 aromatic carbocycles. The highest BCUT2D eigenvalue weighted by Gasteiger charge is 2.32. The normalized spacial score (nSPS) is 24.7. The van der Waals surface area contributed by atoms with Crippen molar-refractivity contribution in [3.05, 3.63) is 0 Å². The molecule has 0 bridgehead atoms. The lowest BCUT2D eigenvalue weighted by Gasteiger charge is -1.98. The van der Waals surface area contributed by atoms with Gasteiger partial charge in [-0.15, -0.1) is 0 Å². The average Bonchev–Trinajstić information content (AvgIpc) is 2.87. The summed E-state index contributed by atoms with van der Waals surface area (Å²) in [6, 6.07) is 0. The Morgan fingerprint density at radius 3 is 2.57 bits per heavy atom. The number of ether oxygens (including phenoxy) is 1. The molecule has 0 spiro atoms. The predicted molar refractivity (Wildman–Crippen MR) is 50.8 cm³/mol. The Bertz CT molecular complexity index is 181. The smallest absolute Gasteiger partial charge is 0.342 e. The molecule has 1 saturated heterocycles. The largest absolute Gasteiger partial charge is 0.370 e. The van der Waals surface area contributed by atoms with Crippen molar-refractivity contribution in [2.24, 2.45) is 0 Å². The summed E-state index contributed by atoms with van der Waals surface area (Å²) >= 11 is 0. The van der Waals surface area contributed by atoms with Crippen LogP contribution in [0.5, 0.6) is 0 Å². The third-order valence-corrected chi connectivity index (χ3v) is 2.56. The van der Waals surface area contributed by atoms with E-state index in [0.29, 0.717) is 18.6 Å². The Morgan fingerprint density at radius 1 is 1.36 bits per heavy atom. The molecule has 1 N–H and O–H groups in total. The number of unbranched alkanes of at least 4 members (excludes halogenated alkanes) is 3. The summed E-state index contributed by atoms with van der Waals surface area (Å²) in [5.41, 5.74) is 0. The molecule has 1 aliphatic heterocycles. The topological polar surface area (TPSA) is 59.1 Å². The number of epoxide rings is 1. The van der Waals surface area contributed by atoms with Crippen LogP contribution in [-0.4, -0.2) is 23.4 Å². The van der Waals surface area contributed by atoms with Gasteiger partial charge in [-0.05, 0) is 19.8 Å². The van der Waals surface area contributed by atoms with Gasteiger partial charge in [0.25, 0.3) is 0 Å². The molecule has 14 heavy (non-hydrogen) atoms. The van der Waals surface area contributed by atoms with Gasteiger partial charge in [0, 0.05) is 6.42 Å². The van der Waals surface area contributed by atoms with Crippen molar-refractivity contribution in [2.75, 3.05) is 0 Å². The van der Waals surface area contributed by atoms with Crippen LogP contribution in [0.25, 0.3) is 0 Å². The minimum atomic E-state index is -0.538. The molecule has 1 aliphatic rings. The van der Waals surface area contributed by atoms with Crippen LogP contribution in [0.2, 0.25) is 0 Å². The molecule has 82 valence electrons. The number of rotatable bonds is 7. The minimum Gasteiger partial charge on any atom is -0.370 e. The van der Waals surface area contributed by atoms with Gasteiger partial charge in [0.1, 0.15) is 0 Å². The van der Waals surface area contributed by atoms with Gasteiger partial charge in [-0.3, -0.25) is 0 Å². The van der Waals surface area contributed by atoms with Gasteiger partial charge in [-0.1, -0.05) is 19.3 Å². The summed E-state index contributed by atoms with van der Waals surface area (Å²) in [7, 11) is 0. The van der Waals surface area contributed by atoms with Crippen molar-refractivity contribution >= 4 is 5.97 Å².